The number of carbonyl (C=O) groups is 1. The summed E-state index contributed by atoms with van der Waals surface area (Å²) < 4.78 is 5.19. The summed E-state index contributed by atoms with van der Waals surface area (Å²) in [5.41, 5.74) is 1.28. The lowest BCUT2D eigenvalue weighted by molar-refractivity contribution is -0.113. The number of amides is 1. The fourth-order valence-corrected chi connectivity index (χ4v) is 3.32. The summed E-state index contributed by atoms with van der Waals surface area (Å²) in [5.74, 6) is -0.0771. The van der Waals surface area contributed by atoms with Gasteiger partial charge in [-0.2, -0.15) is 4.98 Å². The summed E-state index contributed by atoms with van der Waals surface area (Å²) >= 11 is 1.02. The van der Waals surface area contributed by atoms with Crippen molar-refractivity contribution < 1.29 is 14.6 Å². The third kappa shape index (κ3) is 5.74. The number of para-hydroxylation sites is 2. The lowest BCUT2D eigenvalue weighted by atomic mass is 10.1. The topological polar surface area (TPSA) is 104 Å². The molecule has 3 N–H and O–H groups in total. The van der Waals surface area contributed by atoms with Gasteiger partial charge in [-0.25, -0.2) is 0 Å². The first kappa shape index (κ1) is 21.2. The second-order valence-electron chi connectivity index (χ2n) is 6.23. The van der Waals surface area contributed by atoms with Crippen molar-refractivity contribution in [2.45, 2.75) is 11.6 Å². The highest BCUT2D eigenvalue weighted by atomic mass is 32.2. The highest BCUT2D eigenvalue weighted by molar-refractivity contribution is 7.99. The molecule has 3 aromatic rings. The van der Waals surface area contributed by atoms with Gasteiger partial charge in [-0.15, -0.1) is 0 Å². The van der Waals surface area contributed by atoms with Crippen molar-refractivity contribution >= 4 is 29.4 Å². The van der Waals surface area contributed by atoms with Crippen LogP contribution in [0.4, 0.5) is 5.69 Å². The molecule has 1 heterocycles. The molecule has 2 aromatic carbocycles. The molecule has 0 radical (unpaired) electrons. The van der Waals surface area contributed by atoms with Crippen LogP contribution < -0.4 is 15.6 Å². The predicted octanol–water partition coefficient (Wildman–Crippen LogP) is 3.47. The zero-order valence-electron chi connectivity index (χ0n) is 16.3. The fourth-order valence-electron chi connectivity index (χ4n) is 2.66. The van der Waals surface area contributed by atoms with Crippen molar-refractivity contribution in [2.24, 2.45) is 0 Å². The van der Waals surface area contributed by atoms with E-state index in [1.165, 1.54) is 7.11 Å². The Hall–Kier alpha value is -3.52. The third-order valence-electron chi connectivity index (χ3n) is 4.12. The van der Waals surface area contributed by atoms with E-state index in [4.69, 9.17) is 4.74 Å². The number of aromatic amines is 1. The van der Waals surface area contributed by atoms with E-state index >= 15 is 0 Å². The van der Waals surface area contributed by atoms with Gasteiger partial charge in [-0.3, -0.25) is 9.59 Å². The van der Waals surface area contributed by atoms with Gasteiger partial charge in [0, 0.05) is 6.42 Å². The molecule has 0 fully saturated rings. The zero-order valence-corrected chi connectivity index (χ0v) is 17.1. The van der Waals surface area contributed by atoms with Gasteiger partial charge in [0.25, 0.3) is 5.56 Å². The number of anilines is 1. The molecule has 0 aliphatic rings. The van der Waals surface area contributed by atoms with E-state index in [0.29, 0.717) is 11.4 Å². The van der Waals surface area contributed by atoms with Gasteiger partial charge in [0.15, 0.2) is 5.16 Å². The number of nitrogens with one attached hydrogen (secondary N) is 2. The van der Waals surface area contributed by atoms with Crippen molar-refractivity contribution in [1.29, 1.82) is 0 Å². The van der Waals surface area contributed by atoms with E-state index in [9.17, 15) is 14.7 Å². The van der Waals surface area contributed by atoms with Crippen molar-refractivity contribution in [3.63, 3.8) is 0 Å². The Morgan fingerprint density at radius 2 is 1.93 bits per heavy atom. The molecule has 0 unspecified atom stereocenters. The number of aromatic hydroxyl groups is 1. The Morgan fingerprint density at radius 1 is 1.20 bits per heavy atom. The number of H-pyrrole nitrogens is 1. The molecule has 0 spiro atoms. The molecular weight excluding hydrogens is 402 g/mol. The molecule has 7 nitrogen and oxygen atoms in total. The number of ether oxygens (including phenoxy) is 1. The Bertz CT molecular complexity index is 1100. The first-order valence-electron chi connectivity index (χ1n) is 9.16. The van der Waals surface area contributed by atoms with Crippen LogP contribution in [0.1, 0.15) is 11.1 Å². The van der Waals surface area contributed by atoms with Crippen LogP contribution in [0.3, 0.4) is 0 Å². The Labute approximate surface area is 177 Å². The average Bonchev–Trinajstić information content (AvgIpc) is 2.75. The van der Waals surface area contributed by atoms with E-state index in [0.717, 1.165) is 17.3 Å². The number of aromatic nitrogens is 2. The predicted molar refractivity (Wildman–Crippen MR) is 118 cm³/mol. The molecule has 0 saturated carbocycles. The monoisotopic (exact) mass is 423 g/mol. The van der Waals surface area contributed by atoms with E-state index in [1.54, 1.807) is 30.3 Å². The summed E-state index contributed by atoms with van der Waals surface area (Å²) in [5, 5.41) is 13.1. The van der Waals surface area contributed by atoms with Gasteiger partial charge in [0.1, 0.15) is 5.75 Å². The number of nitrogens with zero attached hydrogens (tertiary/aromatic N) is 1. The van der Waals surface area contributed by atoms with Crippen LogP contribution in [0.25, 0.3) is 6.08 Å². The minimum Gasteiger partial charge on any atom is -0.495 e. The lowest BCUT2D eigenvalue weighted by Gasteiger charge is -2.09. The maximum Gasteiger partial charge on any atom is 0.258 e. The molecule has 8 heteroatoms. The van der Waals surface area contributed by atoms with Crippen molar-refractivity contribution in [1.82, 2.24) is 9.97 Å². The second kappa shape index (κ2) is 10.3. The van der Waals surface area contributed by atoms with Gasteiger partial charge < -0.3 is 20.1 Å². The standard InChI is InChI=1S/C22H21N3O4S/c1-29-18-13-6-5-12-17(18)23-19(26)14-30-22-24-20(27)16(21(28)25-22)11-7-10-15-8-3-2-4-9-15/h2-10,12-13H,11,14H2,1H3,(H,23,26)(H2,24,25,27,28)/b10-7+. The van der Waals surface area contributed by atoms with Crippen LogP contribution in [0.15, 0.2) is 70.6 Å². The van der Waals surface area contributed by atoms with Gasteiger partial charge >= 0.3 is 0 Å². The van der Waals surface area contributed by atoms with E-state index < -0.39 is 5.56 Å². The normalized spacial score (nSPS) is 10.8. The van der Waals surface area contributed by atoms with Crippen LogP contribution >= 0.6 is 11.8 Å². The fraction of sp³-hybridized carbons (Fsp3) is 0.136. The first-order chi connectivity index (χ1) is 14.6. The van der Waals surface area contributed by atoms with E-state index in [2.05, 4.69) is 15.3 Å². The lowest BCUT2D eigenvalue weighted by Crippen LogP contribution is -2.17. The summed E-state index contributed by atoms with van der Waals surface area (Å²) in [4.78, 5) is 31.1. The van der Waals surface area contributed by atoms with Crippen LogP contribution in [0.5, 0.6) is 11.6 Å². The van der Waals surface area contributed by atoms with E-state index in [1.807, 2.05) is 36.4 Å². The molecule has 0 atom stereocenters. The number of hydrogen-bond acceptors (Lipinski definition) is 6. The molecule has 3 rings (SSSR count). The second-order valence-corrected chi connectivity index (χ2v) is 7.19. The van der Waals surface area contributed by atoms with Crippen LogP contribution in [0, 0.1) is 0 Å². The molecular formula is C22H21N3O4S. The molecule has 30 heavy (non-hydrogen) atoms. The number of thioether (sulfide) groups is 1. The molecule has 0 aliphatic carbocycles. The van der Waals surface area contributed by atoms with Crippen molar-refractivity contribution in [3.8, 4) is 11.6 Å². The largest absolute Gasteiger partial charge is 0.495 e. The number of methoxy groups -OCH3 is 1. The summed E-state index contributed by atoms with van der Waals surface area (Å²) in [6.07, 6.45) is 3.89. The molecule has 154 valence electrons. The van der Waals surface area contributed by atoms with Crippen LogP contribution in [0.2, 0.25) is 0 Å². The molecule has 0 saturated heterocycles. The minimum absolute atomic E-state index is 0.00762. The van der Waals surface area contributed by atoms with Gasteiger partial charge in [0.05, 0.1) is 24.1 Å². The highest BCUT2D eigenvalue weighted by Gasteiger charge is 2.12. The summed E-state index contributed by atoms with van der Waals surface area (Å²) in [7, 11) is 1.52. The quantitative estimate of drug-likeness (QED) is 0.379. The third-order valence-corrected chi connectivity index (χ3v) is 5.00. The number of benzene rings is 2. The highest BCUT2D eigenvalue weighted by Crippen LogP contribution is 2.24. The number of carbonyl (C=O) groups excluding carboxylic acids is 1. The maximum atomic E-state index is 12.3. The maximum absolute atomic E-state index is 12.3. The number of allylic oxidation sites excluding steroid dienone is 1. The smallest absolute Gasteiger partial charge is 0.258 e. The Balaban J connectivity index is 1.60. The summed E-state index contributed by atoms with van der Waals surface area (Å²) in [6.45, 7) is 0. The molecule has 0 aliphatic heterocycles. The minimum atomic E-state index is -0.437. The summed E-state index contributed by atoms with van der Waals surface area (Å²) in [6, 6.07) is 16.7. The molecule has 1 amide bonds. The molecule has 1 aromatic heterocycles. The Kier molecular flexibility index (Phi) is 7.29. The van der Waals surface area contributed by atoms with Crippen LogP contribution in [-0.2, 0) is 11.2 Å². The first-order valence-corrected chi connectivity index (χ1v) is 10.1. The Morgan fingerprint density at radius 3 is 2.67 bits per heavy atom. The zero-order chi connectivity index (χ0) is 21.3. The SMILES string of the molecule is COc1ccccc1NC(=O)CSc1nc(O)c(C/C=C/c2ccccc2)c(=O)[nH]1. The van der Waals surface area contributed by atoms with Crippen molar-refractivity contribution in [2.75, 3.05) is 18.2 Å². The average molecular weight is 423 g/mol. The number of rotatable bonds is 8. The van der Waals surface area contributed by atoms with Crippen molar-refractivity contribution in [3.05, 3.63) is 82.2 Å². The van der Waals surface area contributed by atoms with Gasteiger partial charge in [-0.1, -0.05) is 66.4 Å². The van der Waals surface area contributed by atoms with E-state index in [-0.39, 0.29) is 34.7 Å². The van der Waals surface area contributed by atoms with Gasteiger partial charge in [0.2, 0.25) is 11.8 Å². The van der Waals surface area contributed by atoms with Crippen LogP contribution in [-0.4, -0.2) is 33.8 Å². The molecule has 0 bridgehead atoms. The number of hydrogen-bond donors (Lipinski definition) is 3. The van der Waals surface area contributed by atoms with Gasteiger partial charge in [-0.05, 0) is 17.7 Å².